The maximum atomic E-state index is 12.9. The van der Waals surface area contributed by atoms with Crippen LogP contribution in [-0.4, -0.2) is 51.3 Å². The Labute approximate surface area is 173 Å². The number of benzene rings is 1. The number of aliphatic hydroxyl groups excluding tert-OH is 1. The van der Waals surface area contributed by atoms with Gasteiger partial charge in [-0.3, -0.25) is 0 Å². The van der Waals surface area contributed by atoms with E-state index in [1.54, 1.807) is 19.1 Å². The van der Waals surface area contributed by atoms with Crippen molar-refractivity contribution in [3.63, 3.8) is 0 Å². The molecule has 0 saturated heterocycles. The second-order valence-corrected chi connectivity index (χ2v) is 10.0. The molecule has 1 aliphatic heterocycles. The van der Waals surface area contributed by atoms with Gasteiger partial charge >= 0.3 is 0 Å². The highest BCUT2D eigenvalue weighted by Gasteiger charge is 2.33. The van der Waals surface area contributed by atoms with Gasteiger partial charge in [-0.1, -0.05) is 13.0 Å². The first-order chi connectivity index (χ1) is 14.1. The summed E-state index contributed by atoms with van der Waals surface area (Å²) in [6.07, 6.45) is 0.447. The van der Waals surface area contributed by atoms with Gasteiger partial charge in [-0.15, -0.1) is 5.11 Å². The van der Waals surface area contributed by atoms with Crippen molar-refractivity contribution in [3.8, 4) is 11.1 Å². The smallest absolute Gasteiger partial charge is 0.240 e. The van der Waals surface area contributed by atoms with Crippen molar-refractivity contribution in [2.45, 2.75) is 29.2 Å². The zero-order valence-corrected chi connectivity index (χ0v) is 17.6. The number of hydrogen-bond donors (Lipinski definition) is 3. The molecule has 0 spiro atoms. The van der Waals surface area contributed by atoms with E-state index in [9.17, 15) is 21.9 Å². The van der Waals surface area contributed by atoms with E-state index in [-0.39, 0.29) is 35.9 Å². The van der Waals surface area contributed by atoms with E-state index in [1.165, 1.54) is 12.3 Å². The zero-order valence-electron chi connectivity index (χ0n) is 15.9. The van der Waals surface area contributed by atoms with Gasteiger partial charge < -0.3 is 10.8 Å². The van der Waals surface area contributed by atoms with Crippen LogP contribution in [0.15, 0.2) is 55.5 Å². The molecule has 1 aliphatic rings. The summed E-state index contributed by atoms with van der Waals surface area (Å²) < 4.78 is 51.0. The van der Waals surface area contributed by atoms with Gasteiger partial charge in [-0.05, 0) is 30.2 Å². The number of nitrogens with zero attached hydrogens (tertiary/aromatic N) is 4. The van der Waals surface area contributed by atoms with Gasteiger partial charge in [-0.2, -0.15) is 5.11 Å². The van der Waals surface area contributed by atoms with Gasteiger partial charge in [0.2, 0.25) is 10.0 Å². The largest absolute Gasteiger partial charge is 0.392 e. The number of anilines is 1. The van der Waals surface area contributed by atoms with Crippen LogP contribution in [0.3, 0.4) is 0 Å². The zero-order chi connectivity index (χ0) is 22.1. The van der Waals surface area contributed by atoms with Crippen molar-refractivity contribution in [2.24, 2.45) is 20.4 Å². The van der Waals surface area contributed by atoms with Gasteiger partial charge in [0.05, 0.1) is 22.3 Å². The first-order valence-electron chi connectivity index (χ1n) is 8.80. The van der Waals surface area contributed by atoms with Crippen LogP contribution >= 0.6 is 0 Å². The van der Waals surface area contributed by atoms with Crippen molar-refractivity contribution in [1.29, 1.82) is 0 Å². The number of aliphatic hydroxyl groups is 1. The third-order valence-corrected chi connectivity index (χ3v) is 7.38. The van der Waals surface area contributed by atoms with Gasteiger partial charge in [0.1, 0.15) is 10.7 Å². The summed E-state index contributed by atoms with van der Waals surface area (Å²) >= 11 is 0. The summed E-state index contributed by atoms with van der Waals surface area (Å²) in [6.45, 7) is 1.56. The number of sulfone groups is 1. The standard InChI is InChI=1S/C17H20N6O5S2/c1-2-10(24)8-29(25,26)13-6-5-11(12-4-3-7-20-16(12)18)14(15(13)30(19,27)28)17-21-9-22-23-17/h3-7,10,24H,2,8-9H2,1H3,(H2,18,20)(H2,19,27,28)/t10-/m0/s1. The predicted octanol–water partition coefficient (Wildman–Crippen LogP) is 0.693. The summed E-state index contributed by atoms with van der Waals surface area (Å²) in [7, 11) is -8.80. The first kappa shape index (κ1) is 22.0. The lowest BCUT2D eigenvalue weighted by molar-refractivity contribution is 0.193. The molecule has 0 bridgehead atoms. The molecule has 0 fully saturated rings. The Morgan fingerprint density at radius 3 is 2.47 bits per heavy atom. The van der Waals surface area contributed by atoms with Gasteiger partial charge in [0, 0.05) is 11.8 Å². The number of rotatable bonds is 7. The maximum absolute atomic E-state index is 12.9. The van der Waals surface area contributed by atoms with E-state index in [4.69, 9.17) is 10.9 Å². The van der Waals surface area contributed by atoms with Crippen LogP contribution in [0.25, 0.3) is 11.1 Å². The fraction of sp³-hybridized carbons (Fsp3) is 0.294. The van der Waals surface area contributed by atoms with E-state index in [0.29, 0.717) is 5.56 Å². The lowest BCUT2D eigenvalue weighted by atomic mass is 9.99. The molecular formula is C17H20N6O5S2. The van der Waals surface area contributed by atoms with Gasteiger partial charge in [0.25, 0.3) is 0 Å². The highest BCUT2D eigenvalue weighted by atomic mass is 32.2. The number of amidine groups is 1. The van der Waals surface area contributed by atoms with Crippen LogP contribution in [0.5, 0.6) is 0 Å². The van der Waals surface area contributed by atoms with Crippen LogP contribution in [0, 0.1) is 0 Å². The Balaban J connectivity index is 2.43. The fourth-order valence-corrected chi connectivity index (χ4v) is 6.15. The number of nitrogen functional groups attached to an aromatic ring is 1. The summed E-state index contributed by atoms with van der Waals surface area (Å²) in [5.41, 5.74) is 6.40. The lowest BCUT2D eigenvalue weighted by Crippen LogP contribution is -2.25. The Bertz CT molecular complexity index is 1260. The SMILES string of the molecule is CC[C@H](O)CS(=O)(=O)c1ccc(-c2cccnc2N)c(C2=NCN=N2)c1S(N)(=O)=O. The van der Waals surface area contributed by atoms with Crippen LogP contribution in [0.2, 0.25) is 0 Å². The van der Waals surface area contributed by atoms with Crippen LogP contribution in [-0.2, 0) is 19.9 Å². The van der Waals surface area contributed by atoms with E-state index >= 15 is 0 Å². The summed E-state index contributed by atoms with van der Waals surface area (Å²) in [5, 5.41) is 22.9. The van der Waals surface area contributed by atoms with Crippen molar-refractivity contribution < 1.29 is 21.9 Å². The van der Waals surface area contributed by atoms with Crippen molar-refractivity contribution >= 4 is 31.5 Å². The van der Waals surface area contributed by atoms with Crippen molar-refractivity contribution in [1.82, 2.24) is 4.98 Å². The molecule has 1 atom stereocenters. The molecule has 0 amide bonds. The number of pyridine rings is 1. The molecule has 0 saturated carbocycles. The summed E-state index contributed by atoms with van der Waals surface area (Å²) in [6, 6.07) is 5.69. The average Bonchev–Trinajstić information content (AvgIpc) is 3.20. The van der Waals surface area contributed by atoms with E-state index in [0.717, 1.165) is 6.07 Å². The van der Waals surface area contributed by atoms with Crippen molar-refractivity contribution in [3.05, 3.63) is 36.0 Å². The molecule has 11 nitrogen and oxygen atoms in total. The van der Waals surface area contributed by atoms with Crippen LogP contribution in [0.4, 0.5) is 5.82 Å². The maximum Gasteiger partial charge on any atom is 0.240 e. The highest BCUT2D eigenvalue weighted by Crippen LogP contribution is 2.37. The average molecular weight is 453 g/mol. The first-order valence-corrected chi connectivity index (χ1v) is 12.0. The Morgan fingerprint density at radius 1 is 1.17 bits per heavy atom. The second kappa shape index (κ2) is 8.18. The molecule has 2 aromatic rings. The number of nitrogens with two attached hydrogens (primary N) is 2. The normalized spacial score (nSPS) is 15.2. The van der Waals surface area contributed by atoms with Gasteiger partial charge in [0.15, 0.2) is 22.3 Å². The lowest BCUT2D eigenvalue weighted by Gasteiger charge is -2.18. The minimum Gasteiger partial charge on any atom is -0.392 e. The molecule has 13 heteroatoms. The fourth-order valence-electron chi connectivity index (χ4n) is 3.00. The number of aliphatic imine (C=N–C) groups is 1. The molecule has 1 aromatic carbocycles. The topological polar surface area (TPSA) is 191 Å². The molecule has 2 heterocycles. The number of sulfonamides is 1. The van der Waals surface area contributed by atoms with Crippen LogP contribution in [0.1, 0.15) is 18.9 Å². The van der Waals surface area contributed by atoms with E-state index in [2.05, 4.69) is 20.2 Å². The number of hydrogen-bond acceptors (Lipinski definition) is 10. The molecular weight excluding hydrogens is 432 g/mol. The Morgan fingerprint density at radius 2 is 1.90 bits per heavy atom. The molecule has 0 unspecified atom stereocenters. The quantitative estimate of drug-likeness (QED) is 0.550. The summed E-state index contributed by atoms with van der Waals surface area (Å²) in [4.78, 5) is 6.82. The molecule has 1 aromatic heterocycles. The van der Waals surface area contributed by atoms with E-state index < -0.39 is 41.5 Å². The molecule has 160 valence electrons. The molecule has 30 heavy (non-hydrogen) atoms. The second-order valence-electron chi connectivity index (χ2n) is 6.50. The minimum absolute atomic E-state index is 0.0487. The van der Waals surface area contributed by atoms with Crippen molar-refractivity contribution in [2.75, 3.05) is 18.2 Å². The minimum atomic E-state index is -4.58. The molecule has 0 aliphatic carbocycles. The van der Waals surface area contributed by atoms with Gasteiger partial charge in [-0.25, -0.2) is 32.0 Å². The molecule has 3 rings (SSSR count). The number of azo groups is 1. The Kier molecular flexibility index (Phi) is 5.99. The number of primary sulfonamides is 1. The third-order valence-electron chi connectivity index (χ3n) is 4.43. The number of aromatic nitrogens is 1. The monoisotopic (exact) mass is 452 g/mol. The Hall–Kier alpha value is -2.74. The predicted molar refractivity (Wildman–Crippen MR) is 110 cm³/mol. The molecule has 5 N–H and O–H groups in total. The highest BCUT2D eigenvalue weighted by molar-refractivity contribution is 7.93. The van der Waals surface area contributed by atoms with Crippen LogP contribution < -0.4 is 10.9 Å². The third kappa shape index (κ3) is 4.23. The summed E-state index contributed by atoms with van der Waals surface area (Å²) in [5.74, 6) is -0.676. The molecule has 0 radical (unpaired) electrons. The van der Waals surface area contributed by atoms with E-state index in [1.807, 2.05) is 0 Å².